The molecule has 2 atom stereocenters. The molecule has 0 saturated heterocycles. The number of nitrogens with zero attached hydrogens (tertiary/aromatic N) is 2. The number of hydrogen-bond acceptors (Lipinski definition) is 4. The first-order chi connectivity index (χ1) is 6.88. The highest BCUT2D eigenvalue weighted by molar-refractivity contribution is 7.90. The Morgan fingerprint density at radius 3 is 2.07 bits per heavy atom. The topological polar surface area (TPSA) is 93.8 Å². The standard InChI is InChI=1S/C9H15N3O2S/c1-4-8(5-10)15(13,14)12-9(6-11)7(2)3/h7-9,12H,4H2,1-3H3. The van der Waals surface area contributed by atoms with Crippen molar-refractivity contribution in [3.05, 3.63) is 0 Å². The van der Waals surface area contributed by atoms with E-state index in [1.807, 2.05) is 6.07 Å². The van der Waals surface area contributed by atoms with Crippen molar-refractivity contribution in [2.75, 3.05) is 0 Å². The van der Waals surface area contributed by atoms with Crippen LogP contribution in [0.5, 0.6) is 0 Å². The van der Waals surface area contributed by atoms with Gasteiger partial charge in [0.1, 0.15) is 6.04 Å². The molecule has 2 unspecified atom stereocenters. The summed E-state index contributed by atoms with van der Waals surface area (Å²) in [4.78, 5) is 0. The monoisotopic (exact) mass is 229 g/mol. The van der Waals surface area contributed by atoms with Crippen LogP contribution in [-0.2, 0) is 10.0 Å². The Balaban J connectivity index is 4.81. The first kappa shape index (κ1) is 13.9. The summed E-state index contributed by atoms with van der Waals surface area (Å²) < 4.78 is 25.4. The Labute approximate surface area is 90.8 Å². The van der Waals surface area contributed by atoms with Crippen LogP contribution in [0.2, 0.25) is 0 Å². The van der Waals surface area contributed by atoms with Crippen molar-refractivity contribution in [3.8, 4) is 12.1 Å². The van der Waals surface area contributed by atoms with Crippen molar-refractivity contribution >= 4 is 10.0 Å². The number of rotatable bonds is 5. The second-order valence-corrected chi connectivity index (χ2v) is 5.43. The van der Waals surface area contributed by atoms with Gasteiger partial charge in [-0.05, 0) is 12.3 Å². The van der Waals surface area contributed by atoms with E-state index >= 15 is 0 Å². The minimum Gasteiger partial charge on any atom is -0.211 e. The van der Waals surface area contributed by atoms with Crippen LogP contribution in [0.1, 0.15) is 27.2 Å². The maximum Gasteiger partial charge on any atom is 0.229 e. The Morgan fingerprint density at radius 2 is 1.80 bits per heavy atom. The molecule has 0 aliphatic heterocycles. The minimum atomic E-state index is -3.71. The van der Waals surface area contributed by atoms with Gasteiger partial charge < -0.3 is 0 Å². The third-order valence-corrected chi connectivity index (χ3v) is 3.76. The predicted molar refractivity (Wildman–Crippen MR) is 56.0 cm³/mol. The third-order valence-electron chi connectivity index (χ3n) is 1.99. The van der Waals surface area contributed by atoms with Gasteiger partial charge in [-0.1, -0.05) is 20.8 Å². The van der Waals surface area contributed by atoms with Crippen LogP contribution in [0.25, 0.3) is 0 Å². The van der Waals surface area contributed by atoms with Gasteiger partial charge in [0.15, 0.2) is 5.25 Å². The van der Waals surface area contributed by atoms with E-state index in [4.69, 9.17) is 10.5 Å². The zero-order chi connectivity index (χ0) is 12.1. The zero-order valence-corrected chi connectivity index (χ0v) is 9.87. The van der Waals surface area contributed by atoms with Crippen LogP contribution >= 0.6 is 0 Å². The number of hydrogen-bond donors (Lipinski definition) is 1. The minimum absolute atomic E-state index is 0.124. The Hall–Kier alpha value is -1.11. The molecule has 0 heterocycles. The van der Waals surface area contributed by atoms with Crippen molar-refractivity contribution in [1.82, 2.24) is 4.72 Å². The van der Waals surface area contributed by atoms with Crippen LogP contribution in [0.15, 0.2) is 0 Å². The molecule has 5 nitrogen and oxygen atoms in total. The molecule has 0 saturated carbocycles. The summed E-state index contributed by atoms with van der Waals surface area (Å²) >= 11 is 0. The van der Waals surface area contributed by atoms with E-state index in [0.29, 0.717) is 0 Å². The maximum absolute atomic E-state index is 11.6. The van der Waals surface area contributed by atoms with Crippen LogP contribution < -0.4 is 4.72 Å². The fourth-order valence-electron chi connectivity index (χ4n) is 0.951. The quantitative estimate of drug-likeness (QED) is 0.752. The number of nitrogens with one attached hydrogen (secondary N) is 1. The molecule has 0 aliphatic rings. The summed E-state index contributed by atoms with van der Waals surface area (Å²) in [5.41, 5.74) is 0. The molecule has 0 rings (SSSR count). The molecule has 1 N–H and O–H groups in total. The fourth-order valence-corrected chi connectivity index (χ4v) is 2.37. The Morgan fingerprint density at radius 1 is 1.27 bits per heavy atom. The summed E-state index contributed by atoms with van der Waals surface area (Å²) in [6.07, 6.45) is 0.210. The van der Waals surface area contributed by atoms with Crippen molar-refractivity contribution in [1.29, 1.82) is 10.5 Å². The second kappa shape index (κ2) is 5.69. The normalized spacial score (nSPS) is 15.3. The van der Waals surface area contributed by atoms with Crippen LogP contribution in [0, 0.1) is 28.6 Å². The molecule has 6 heteroatoms. The average Bonchev–Trinajstić information content (AvgIpc) is 2.15. The van der Waals surface area contributed by atoms with Gasteiger partial charge >= 0.3 is 0 Å². The highest BCUT2D eigenvalue weighted by atomic mass is 32.2. The van der Waals surface area contributed by atoms with Crippen molar-refractivity contribution in [2.24, 2.45) is 5.92 Å². The lowest BCUT2D eigenvalue weighted by Gasteiger charge is -2.16. The molecule has 0 fully saturated rings. The first-order valence-electron chi connectivity index (χ1n) is 4.69. The maximum atomic E-state index is 11.6. The molecule has 84 valence electrons. The lowest BCUT2D eigenvalue weighted by molar-refractivity contribution is 0.511. The van der Waals surface area contributed by atoms with Crippen LogP contribution in [0.4, 0.5) is 0 Å². The third kappa shape index (κ3) is 3.86. The highest BCUT2D eigenvalue weighted by Crippen LogP contribution is 2.07. The molecular weight excluding hydrogens is 214 g/mol. The lowest BCUT2D eigenvalue weighted by atomic mass is 10.1. The van der Waals surface area contributed by atoms with Crippen LogP contribution in [-0.4, -0.2) is 19.7 Å². The smallest absolute Gasteiger partial charge is 0.211 e. The van der Waals surface area contributed by atoms with E-state index in [2.05, 4.69) is 4.72 Å². The van der Waals surface area contributed by atoms with Gasteiger partial charge in [0.2, 0.25) is 10.0 Å². The summed E-state index contributed by atoms with van der Waals surface area (Å²) in [7, 11) is -3.71. The second-order valence-electron chi connectivity index (χ2n) is 3.54. The average molecular weight is 229 g/mol. The molecule has 0 spiro atoms. The molecular formula is C9H15N3O2S. The molecule has 0 aliphatic carbocycles. The van der Waals surface area contributed by atoms with E-state index in [-0.39, 0.29) is 12.3 Å². The summed E-state index contributed by atoms with van der Waals surface area (Å²) in [5.74, 6) is -0.124. The van der Waals surface area contributed by atoms with Crippen molar-refractivity contribution in [2.45, 2.75) is 38.5 Å². The Bertz CT molecular complexity index is 375. The molecule has 0 radical (unpaired) electrons. The van der Waals surface area contributed by atoms with E-state index in [1.54, 1.807) is 26.8 Å². The molecule has 0 aromatic carbocycles. The summed E-state index contributed by atoms with van der Waals surface area (Å²) in [6.45, 7) is 5.09. The largest absolute Gasteiger partial charge is 0.229 e. The van der Waals surface area contributed by atoms with Gasteiger partial charge in [0, 0.05) is 0 Å². The van der Waals surface area contributed by atoms with E-state index in [0.717, 1.165) is 0 Å². The van der Waals surface area contributed by atoms with E-state index in [1.165, 1.54) is 0 Å². The van der Waals surface area contributed by atoms with E-state index < -0.39 is 21.3 Å². The van der Waals surface area contributed by atoms with Gasteiger partial charge in [-0.3, -0.25) is 0 Å². The van der Waals surface area contributed by atoms with Crippen molar-refractivity contribution < 1.29 is 8.42 Å². The zero-order valence-electron chi connectivity index (χ0n) is 9.06. The SMILES string of the molecule is CCC(C#N)S(=O)(=O)NC(C#N)C(C)C. The molecule has 15 heavy (non-hydrogen) atoms. The fraction of sp³-hybridized carbons (Fsp3) is 0.778. The van der Waals surface area contributed by atoms with Gasteiger partial charge in [-0.15, -0.1) is 0 Å². The van der Waals surface area contributed by atoms with Gasteiger partial charge in [0.05, 0.1) is 12.1 Å². The lowest BCUT2D eigenvalue weighted by Crippen LogP contribution is -2.42. The molecule has 0 aromatic heterocycles. The summed E-state index contributed by atoms with van der Waals surface area (Å²) in [6, 6.07) is 2.78. The van der Waals surface area contributed by atoms with Crippen molar-refractivity contribution in [3.63, 3.8) is 0 Å². The molecule has 0 amide bonds. The highest BCUT2D eigenvalue weighted by Gasteiger charge is 2.27. The van der Waals surface area contributed by atoms with Gasteiger partial charge in [-0.2, -0.15) is 15.2 Å². The van der Waals surface area contributed by atoms with Gasteiger partial charge in [0.25, 0.3) is 0 Å². The van der Waals surface area contributed by atoms with Crippen LogP contribution in [0.3, 0.4) is 0 Å². The molecule has 0 bridgehead atoms. The number of nitriles is 2. The Kier molecular flexibility index (Phi) is 5.27. The molecule has 0 aromatic rings. The van der Waals surface area contributed by atoms with Gasteiger partial charge in [-0.25, -0.2) is 8.42 Å². The van der Waals surface area contributed by atoms with E-state index in [9.17, 15) is 8.42 Å². The first-order valence-corrected chi connectivity index (χ1v) is 6.24. The number of sulfonamides is 1. The summed E-state index contributed by atoms with van der Waals surface area (Å²) in [5, 5.41) is 16.3. The predicted octanol–water partition coefficient (Wildman–Crippen LogP) is 0.756.